The van der Waals surface area contributed by atoms with E-state index in [0.717, 1.165) is 0 Å². The van der Waals surface area contributed by atoms with E-state index in [4.69, 9.17) is 5.11 Å². The Bertz CT molecular complexity index is 974. The summed E-state index contributed by atoms with van der Waals surface area (Å²) in [7, 11) is 1.47. The molecule has 2 aromatic rings. The molecule has 2 aromatic heterocycles. The third kappa shape index (κ3) is 3.66. The number of carboxylic acid groups (broad SMARTS) is 1. The van der Waals surface area contributed by atoms with Gasteiger partial charge in [-0.05, 0) is 18.9 Å². The minimum absolute atomic E-state index is 0.000314. The van der Waals surface area contributed by atoms with Crippen molar-refractivity contribution < 1.29 is 14.7 Å². The fourth-order valence-electron chi connectivity index (χ4n) is 2.62. The number of hydrogen-bond acceptors (Lipinski definition) is 5. The molecule has 0 unspecified atom stereocenters. The van der Waals surface area contributed by atoms with Crippen molar-refractivity contribution in [2.75, 3.05) is 13.6 Å². The van der Waals surface area contributed by atoms with Gasteiger partial charge in [0, 0.05) is 25.8 Å². The number of aromatic nitrogens is 3. The summed E-state index contributed by atoms with van der Waals surface area (Å²) in [6.45, 7) is 5.79. The third-order valence-electron chi connectivity index (χ3n) is 4.11. The average Bonchev–Trinajstić information content (AvgIpc) is 2.57. The first-order valence-corrected chi connectivity index (χ1v) is 8.32. The van der Waals surface area contributed by atoms with E-state index < -0.39 is 23.1 Å². The van der Waals surface area contributed by atoms with Gasteiger partial charge >= 0.3 is 11.7 Å². The minimum atomic E-state index is -1.02. The van der Waals surface area contributed by atoms with Crippen LogP contribution in [0.15, 0.2) is 15.7 Å². The number of amides is 1. The van der Waals surface area contributed by atoms with Crippen LogP contribution in [0.5, 0.6) is 0 Å². The van der Waals surface area contributed by atoms with E-state index in [-0.39, 0.29) is 42.0 Å². The van der Waals surface area contributed by atoms with Crippen LogP contribution in [0.2, 0.25) is 0 Å². The van der Waals surface area contributed by atoms with Crippen molar-refractivity contribution in [3.05, 3.63) is 38.2 Å². The Morgan fingerprint density at radius 2 is 2.00 bits per heavy atom. The second-order valence-corrected chi connectivity index (χ2v) is 6.32. The second kappa shape index (κ2) is 7.51. The summed E-state index contributed by atoms with van der Waals surface area (Å²) in [5, 5.41) is 8.84. The zero-order valence-electron chi connectivity index (χ0n) is 15.2. The van der Waals surface area contributed by atoms with Crippen molar-refractivity contribution in [1.82, 2.24) is 19.4 Å². The lowest BCUT2D eigenvalue weighted by Crippen LogP contribution is -2.34. The predicted octanol–water partition coefficient (Wildman–Crippen LogP) is 0.775. The molecule has 1 amide bonds. The van der Waals surface area contributed by atoms with Gasteiger partial charge in [0.25, 0.3) is 11.5 Å². The van der Waals surface area contributed by atoms with Crippen molar-refractivity contribution in [1.29, 1.82) is 0 Å². The van der Waals surface area contributed by atoms with Gasteiger partial charge in [0.05, 0.1) is 17.4 Å². The molecule has 0 atom stereocenters. The summed E-state index contributed by atoms with van der Waals surface area (Å²) < 4.78 is 1.30. The van der Waals surface area contributed by atoms with E-state index in [0.29, 0.717) is 5.69 Å². The molecule has 0 aliphatic heterocycles. The summed E-state index contributed by atoms with van der Waals surface area (Å²) >= 11 is 0. The Kier molecular flexibility index (Phi) is 5.59. The monoisotopic (exact) mass is 362 g/mol. The number of H-pyrrole nitrogens is 1. The molecule has 0 spiro atoms. The van der Waals surface area contributed by atoms with Crippen LogP contribution in [-0.4, -0.2) is 50.0 Å². The van der Waals surface area contributed by atoms with Gasteiger partial charge in [-0.25, -0.2) is 9.78 Å². The quantitative estimate of drug-likeness (QED) is 0.782. The van der Waals surface area contributed by atoms with Crippen LogP contribution in [0.3, 0.4) is 0 Å². The molecule has 9 nitrogen and oxygen atoms in total. The third-order valence-corrected chi connectivity index (χ3v) is 4.11. The number of rotatable bonds is 6. The highest BCUT2D eigenvalue weighted by Gasteiger charge is 2.22. The highest BCUT2D eigenvalue weighted by Crippen LogP contribution is 2.20. The largest absolute Gasteiger partial charge is 0.481 e. The average molecular weight is 362 g/mol. The van der Waals surface area contributed by atoms with Crippen LogP contribution in [0, 0.1) is 0 Å². The molecular formula is C17H22N4O5. The normalized spacial score (nSPS) is 11.1. The van der Waals surface area contributed by atoms with E-state index in [1.165, 1.54) is 22.6 Å². The molecule has 26 heavy (non-hydrogen) atoms. The van der Waals surface area contributed by atoms with Crippen LogP contribution < -0.4 is 11.2 Å². The first-order chi connectivity index (χ1) is 12.2. The number of pyridine rings is 1. The fraction of sp³-hybridized carbons (Fsp3) is 0.471. The van der Waals surface area contributed by atoms with Crippen LogP contribution in [-0.2, 0) is 11.3 Å². The molecule has 140 valence electrons. The SMILES string of the molecule is CCn1c(=O)[nH]c(=O)c2c(C(=O)N(C)CCC(=O)O)cc(C(C)C)nc21. The number of fused-ring (bicyclic) bond motifs is 1. The van der Waals surface area contributed by atoms with Crippen molar-refractivity contribution in [2.24, 2.45) is 0 Å². The molecule has 0 saturated carbocycles. The lowest BCUT2D eigenvalue weighted by molar-refractivity contribution is -0.137. The van der Waals surface area contributed by atoms with Gasteiger partial charge in [-0.3, -0.25) is 23.9 Å². The molecule has 0 aromatic carbocycles. The summed E-state index contributed by atoms with van der Waals surface area (Å²) in [4.78, 5) is 55.9. The Hall–Kier alpha value is -2.97. The van der Waals surface area contributed by atoms with E-state index in [9.17, 15) is 19.2 Å². The topological polar surface area (TPSA) is 125 Å². The second-order valence-electron chi connectivity index (χ2n) is 6.32. The Labute approximate surface area is 149 Å². The molecule has 9 heteroatoms. The number of carboxylic acids is 1. The van der Waals surface area contributed by atoms with Gasteiger partial charge in [0.15, 0.2) is 5.65 Å². The van der Waals surface area contributed by atoms with Crippen molar-refractivity contribution in [3.63, 3.8) is 0 Å². The molecule has 0 radical (unpaired) electrons. The first-order valence-electron chi connectivity index (χ1n) is 8.32. The first kappa shape index (κ1) is 19.4. The lowest BCUT2D eigenvalue weighted by Gasteiger charge is -2.19. The zero-order valence-corrected chi connectivity index (χ0v) is 15.2. The summed E-state index contributed by atoms with van der Waals surface area (Å²) in [5.41, 5.74) is -0.444. The molecule has 2 N–H and O–H groups in total. The number of carbonyl (C=O) groups excluding carboxylic acids is 1. The Morgan fingerprint density at radius 3 is 2.54 bits per heavy atom. The number of aryl methyl sites for hydroxylation is 1. The Balaban J connectivity index is 2.75. The van der Waals surface area contributed by atoms with Crippen molar-refractivity contribution >= 4 is 22.9 Å². The van der Waals surface area contributed by atoms with Crippen LogP contribution in [0.4, 0.5) is 0 Å². The molecule has 0 aliphatic carbocycles. The van der Waals surface area contributed by atoms with E-state index in [2.05, 4.69) is 9.97 Å². The van der Waals surface area contributed by atoms with Crippen molar-refractivity contribution in [3.8, 4) is 0 Å². The van der Waals surface area contributed by atoms with Gasteiger partial charge in [-0.2, -0.15) is 0 Å². The molecule has 0 fully saturated rings. The lowest BCUT2D eigenvalue weighted by atomic mass is 10.0. The minimum Gasteiger partial charge on any atom is -0.481 e. The highest BCUT2D eigenvalue weighted by molar-refractivity contribution is 6.05. The molecular weight excluding hydrogens is 340 g/mol. The number of aromatic amines is 1. The smallest absolute Gasteiger partial charge is 0.329 e. The highest BCUT2D eigenvalue weighted by atomic mass is 16.4. The van der Waals surface area contributed by atoms with Gasteiger partial charge in [-0.15, -0.1) is 0 Å². The summed E-state index contributed by atoms with van der Waals surface area (Å²) in [6.07, 6.45) is -0.210. The van der Waals surface area contributed by atoms with Crippen LogP contribution in [0.1, 0.15) is 49.2 Å². The van der Waals surface area contributed by atoms with Gasteiger partial charge < -0.3 is 10.0 Å². The maximum atomic E-state index is 12.8. The van der Waals surface area contributed by atoms with E-state index in [1.807, 2.05) is 13.8 Å². The molecule has 2 heterocycles. The maximum absolute atomic E-state index is 12.8. The summed E-state index contributed by atoms with van der Waals surface area (Å²) in [6, 6.07) is 1.53. The molecule has 2 rings (SSSR count). The fourth-order valence-corrected chi connectivity index (χ4v) is 2.62. The molecule has 0 saturated heterocycles. The van der Waals surface area contributed by atoms with Gasteiger partial charge in [0.1, 0.15) is 0 Å². The van der Waals surface area contributed by atoms with Crippen molar-refractivity contribution in [2.45, 2.75) is 39.7 Å². The Morgan fingerprint density at radius 1 is 1.35 bits per heavy atom. The van der Waals surface area contributed by atoms with Crippen LogP contribution >= 0.6 is 0 Å². The van der Waals surface area contributed by atoms with Gasteiger partial charge in [0.2, 0.25) is 0 Å². The summed E-state index contributed by atoms with van der Waals surface area (Å²) in [5.74, 6) is -1.55. The number of hydrogen-bond donors (Lipinski definition) is 2. The number of nitrogens with one attached hydrogen (secondary N) is 1. The van der Waals surface area contributed by atoms with E-state index in [1.54, 1.807) is 6.92 Å². The maximum Gasteiger partial charge on any atom is 0.329 e. The zero-order chi connectivity index (χ0) is 19.6. The number of nitrogens with zero attached hydrogens (tertiary/aromatic N) is 3. The molecule has 0 aliphatic rings. The predicted molar refractivity (Wildman–Crippen MR) is 95.6 cm³/mol. The molecule has 0 bridgehead atoms. The number of aliphatic carboxylic acids is 1. The number of carbonyl (C=O) groups is 2. The van der Waals surface area contributed by atoms with E-state index >= 15 is 0 Å². The van der Waals surface area contributed by atoms with Gasteiger partial charge in [-0.1, -0.05) is 13.8 Å². The van der Waals surface area contributed by atoms with Crippen LogP contribution in [0.25, 0.3) is 11.0 Å². The standard InChI is InChI=1S/C17H22N4O5/c1-5-21-14-13(15(24)19-17(21)26)10(8-11(18-14)9(2)3)16(25)20(4)7-6-12(22)23/h8-9H,5-7H2,1-4H3,(H,22,23)(H,19,24,26).